The van der Waals surface area contributed by atoms with Crippen molar-refractivity contribution in [3.05, 3.63) is 65.7 Å². The Hall–Kier alpha value is -3.28. The Morgan fingerprint density at radius 2 is 1.90 bits per heavy atom. The SMILES string of the molecule is CCn1c(C(C)Nc2nc(-c3ccccn3)nc3c2CCC3)nc2ccccc21. The van der Waals surface area contributed by atoms with E-state index in [0.29, 0.717) is 5.82 Å². The van der Waals surface area contributed by atoms with Crippen LogP contribution in [0.25, 0.3) is 22.6 Å². The van der Waals surface area contributed by atoms with Crippen molar-refractivity contribution in [3.8, 4) is 11.5 Å². The zero-order chi connectivity index (χ0) is 19.8. The lowest BCUT2D eigenvalue weighted by molar-refractivity contribution is 0.671. The summed E-state index contributed by atoms with van der Waals surface area (Å²) in [5, 5.41) is 3.64. The molecular formula is C23H24N6. The molecule has 6 heteroatoms. The van der Waals surface area contributed by atoms with Crippen molar-refractivity contribution >= 4 is 16.9 Å². The maximum atomic E-state index is 4.90. The average Bonchev–Trinajstić information content (AvgIpc) is 3.38. The molecule has 1 aliphatic carbocycles. The lowest BCUT2D eigenvalue weighted by Crippen LogP contribution is -2.16. The zero-order valence-electron chi connectivity index (χ0n) is 16.8. The van der Waals surface area contributed by atoms with Gasteiger partial charge in [-0.2, -0.15) is 0 Å². The van der Waals surface area contributed by atoms with Crippen LogP contribution in [0.2, 0.25) is 0 Å². The summed E-state index contributed by atoms with van der Waals surface area (Å²) in [7, 11) is 0. The van der Waals surface area contributed by atoms with E-state index in [9.17, 15) is 0 Å². The standard InChI is InChI=1S/C23H24N6/c1-3-29-20-13-5-4-10-18(20)27-23(29)15(2)25-21-16-9-8-12-17(16)26-22(28-21)19-11-6-7-14-24-19/h4-7,10-11,13-15H,3,8-9,12H2,1-2H3,(H,25,26,28). The second kappa shape index (κ2) is 7.28. The molecule has 1 atom stereocenters. The molecule has 0 amide bonds. The van der Waals surface area contributed by atoms with Gasteiger partial charge in [0.15, 0.2) is 5.82 Å². The summed E-state index contributed by atoms with van der Waals surface area (Å²) in [6.07, 6.45) is 4.91. The molecule has 1 aliphatic rings. The third kappa shape index (κ3) is 3.14. The Morgan fingerprint density at radius 1 is 1.03 bits per heavy atom. The number of para-hydroxylation sites is 2. The van der Waals surface area contributed by atoms with Gasteiger partial charge in [-0.05, 0) is 57.4 Å². The molecule has 0 spiro atoms. The fourth-order valence-electron chi connectivity index (χ4n) is 4.19. The molecule has 3 heterocycles. The smallest absolute Gasteiger partial charge is 0.180 e. The molecule has 146 valence electrons. The first kappa shape index (κ1) is 17.8. The molecule has 4 aromatic rings. The van der Waals surface area contributed by atoms with Crippen molar-refractivity contribution in [1.29, 1.82) is 0 Å². The number of hydrogen-bond donors (Lipinski definition) is 1. The number of fused-ring (bicyclic) bond motifs is 2. The van der Waals surface area contributed by atoms with Crippen LogP contribution in [-0.2, 0) is 19.4 Å². The van der Waals surface area contributed by atoms with Crippen molar-refractivity contribution in [2.75, 3.05) is 5.32 Å². The van der Waals surface area contributed by atoms with Crippen LogP contribution >= 0.6 is 0 Å². The van der Waals surface area contributed by atoms with Crippen LogP contribution in [0.5, 0.6) is 0 Å². The van der Waals surface area contributed by atoms with Gasteiger partial charge in [-0.15, -0.1) is 0 Å². The molecular weight excluding hydrogens is 360 g/mol. The number of nitrogens with zero attached hydrogens (tertiary/aromatic N) is 5. The fourth-order valence-corrected chi connectivity index (χ4v) is 4.19. The third-order valence-corrected chi connectivity index (χ3v) is 5.57. The van der Waals surface area contributed by atoms with Gasteiger partial charge in [0.1, 0.15) is 17.3 Å². The molecule has 0 saturated carbocycles. The van der Waals surface area contributed by atoms with Gasteiger partial charge >= 0.3 is 0 Å². The van der Waals surface area contributed by atoms with Crippen LogP contribution in [0.3, 0.4) is 0 Å². The van der Waals surface area contributed by atoms with Gasteiger partial charge in [0, 0.05) is 24.0 Å². The Morgan fingerprint density at radius 3 is 2.72 bits per heavy atom. The van der Waals surface area contributed by atoms with Crippen LogP contribution in [-0.4, -0.2) is 24.5 Å². The first-order valence-corrected chi connectivity index (χ1v) is 10.3. The highest BCUT2D eigenvalue weighted by Crippen LogP contribution is 2.31. The Kier molecular flexibility index (Phi) is 4.46. The van der Waals surface area contributed by atoms with E-state index in [4.69, 9.17) is 15.0 Å². The molecule has 0 aliphatic heterocycles. The number of aromatic nitrogens is 5. The van der Waals surface area contributed by atoms with Crippen molar-refractivity contribution in [1.82, 2.24) is 24.5 Å². The van der Waals surface area contributed by atoms with Crippen LogP contribution < -0.4 is 5.32 Å². The number of nitrogens with one attached hydrogen (secondary N) is 1. The normalized spacial score (nSPS) is 14.1. The molecule has 0 saturated heterocycles. The van der Waals surface area contributed by atoms with E-state index in [0.717, 1.165) is 54.4 Å². The number of aryl methyl sites for hydroxylation is 2. The lowest BCUT2D eigenvalue weighted by atomic mass is 10.2. The number of benzene rings is 1. The van der Waals surface area contributed by atoms with E-state index in [1.165, 1.54) is 11.1 Å². The predicted molar refractivity (Wildman–Crippen MR) is 115 cm³/mol. The lowest BCUT2D eigenvalue weighted by Gasteiger charge is -2.18. The molecule has 29 heavy (non-hydrogen) atoms. The average molecular weight is 384 g/mol. The van der Waals surface area contributed by atoms with Crippen molar-refractivity contribution in [2.45, 2.75) is 45.7 Å². The van der Waals surface area contributed by atoms with Crippen molar-refractivity contribution in [2.24, 2.45) is 0 Å². The maximum Gasteiger partial charge on any atom is 0.180 e. The van der Waals surface area contributed by atoms with Gasteiger partial charge in [0.05, 0.1) is 17.1 Å². The molecule has 0 radical (unpaired) electrons. The van der Waals surface area contributed by atoms with E-state index in [1.807, 2.05) is 24.3 Å². The Balaban J connectivity index is 1.54. The molecule has 1 unspecified atom stereocenters. The quantitative estimate of drug-likeness (QED) is 0.546. The van der Waals surface area contributed by atoms with Crippen LogP contribution in [0.15, 0.2) is 48.7 Å². The Bertz CT molecular complexity index is 1160. The number of pyridine rings is 1. The van der Waals surface area contributed by atoms with Gasteiger partial charge in [0.2, 0.25) is 0 Å². The van der Waals surface area contributed by atoms with E-state index >= 15 is 0 Å². The summed E-state index contributed by atoms with van der Waals surface area (Å²) in [5.74, 6) is 2.62. The minimum Gasteiger partial charge on any atom is -0.360 e. The molecule has 6 nitrogen and oxygen atoms in total. The molecule has 0 fully saturated rings. The Labute approximate surface area is 170 Å². The highest BCUT2D eigenvalue weighted by Gasteiger charge is 2.23. The number of anilines is 1. The molecule has 5 rings (SSSR count). The summed E-state index contributed by atoms with van der Waals surface area (Å²) in [4.78, 5) is 19.0. The van der Waals surface area contributed by atoms with E-state index in [2.05, 4.69) is 46.9 Å². The van der Waals surface area contributed by atoms with Crippen molar-refractivity contribution < 1.29 is 0 Å². The van der Waals surface area contributed by atoms with Gasteiger partial charge in [-0.3, -0.25) is 4.98 Å². The topological polar surface area (TPSA) is 68.5 Å². The van der Waals surface area contributed by atoms with Crippen LogP contribution in [0, 0.1) is 0 Å². The second-order valence-electron chi connectivity index (χ2n) is 7.46. The number of imidazole rings is 1. The van der Waals surface area contributed by atoms with E-state index in [-0.39, 0.29) is 6.04 Å². The highest BCUT2D eigenvalue weighted by atomic mass is 15.1. The monoisotopic (exact) mass is 384 g/mol. The molecule has 1 aromatic carbocycles. The zero-order valence-corrected chi connectivity index (χ0v) is 16.8. The highest BCUT2D eigenvalue weighted by molar-refractivity contribution is 5.76. The molecule has 0 bridgehead atoms. The first-order chi connectivity index (χ1) is 14.2. The van der Waals surface area contributed by atoms with Crippen LogP contribution in [0.1, 0.15) is 43.4 Å². The summed E-state index contributed by atoms with van der Waals surface area (Å²) < 4.78 is 2.27. The van der Waals surface area contributed by atoms with Gasteiger partial charge in [0.25, 0.3) is 0 Å². The number of rotatable bonds is 5. The minimum atomic E-state index is 0.0264. The minimum absolute atomic E-state index is 0.0264. The van der Waals surface area contributed by atoms with E-state index in [1.54, 1.807) is 6.20 Å². The fraction of sp³-hybridized carbons (Fsp3) is 0.304. The second-order valence-corrected chi connectivity index (χ2v) is 7.46. The van der Waals surface area contributed by atoms with Crippen molar-refractivity contribution in [3.63, 3.8) is 0 Å². The first-order valence-electron chi connectivity index (χ1n) is 10.3. The summed E-state index contributed by atoms with van der Waals surface area (Å²) in [5.41, 5.74) is 5.37. The summed E-state index contributed by atoms with van der Waals surface area (Å²) in [6.45, 7) is 5.19. The summed E-state index contributed by atoms with van der Waals surface area (Å²) in [6, 6.07) is 14.2. The summed E-state index contributed by atoms with van der Waals surface area (Å²) >= 11 is 0. The maximum absolute atomic E-state index is 4.90. The van der Waals surface area contributed by atoms with Crippen LogP contribution in [0.4, 0.5) is 5.82 Å². The molecule has 1 N–H and O–H groups in total. The van der Waals surface area contributed by atoms with E-state index < -0.39 is 0 Å². The number of hydrogen-bond acceptors (Lipinski definition) is 5. The van der Waals surface area contributed by atoms with Gasteiger partial charge in [-0.25, -0.2) is 15.0 Å². The largest absolute Gasteiger partial charge is 0.360 e. The van der Waals surface area contributed by atoms with Gasteiger partial charge in [-0.1, -0.05) is 18.2 Å². The molecule has 3 aromatic heterocycles. The third-order valence-electron chi connectivity index (χ3n) is 5.57. The predicted octanol–water partition coefficient (Wildman–Crippen LogP) is 4.57. The van der Waals surface area contributed by atoms with Gasteiger partial charge < -0.3 is 9.88 Å².